The van der Waals surface area contributed by atoms with Crippen LogP contribution in [0.15, 0.2) is 0 Å². The minimum Gasteiger partial charge on any atom is -0.468 e. The maximum atomic E-state index is 12.1. The molecule has 0 aromatic heterocycles. The summed E-state index contributed by atoms with van der Waals surface area (Å²) in [4.78, 5) is 14.5. The van der Waals surface area contributed by atoms with Crippen LogP contribution in [0.3, 0.4) is 0 Å². The van der Waals surface area contributed by atoms with Gasteiger partial charge in [-0.3, -0.25) is 9.69 Å². The second-order valence-corrected chi connectivity index (χ2v) is 5.87. The highest BCUT2D eigenvalue weighted by atomic mass is 16.5. The van der Waals surface area contributed by atoms with Crippen molar-refractivity contribution >= 4 is 5.97 Å². The van der Waals surface area contributed by atoms with E-state index in [-0.39, 0.29) is 5.97 Å². The van der Waals surface area contributed by atoms with E-state index in [9.17, 15) is 4.79 Å². The normalized spacial score (nSPS) is 19.7. The van der Waals surface area contributed by atoms with Gasteiger partial charge in [-0.15, -0.1) is 0 Å². The van der Waals surface area contributed by atoms with Crippen LogP contribution in [0.25, 0.3) is 0 Å². The number of carbonyl (C=O) groups excluding carboxylic acids is 1. The molecular formula is C15H30N2O3. The molecule has 118 valence electrons. The molecule has 0 saturated heterocycles. The summed E-state index contributed by atoms with van der Waals surface area (Å²) in [6, 6.07) is 0.976. The predicted molar refractivity (Wildman–Crippen MR) is 79.8 cm³/mol. The van der Waals surface area contributed by atoms with Crippen LogP contribution in [0.1, 0.15) is 40.0 Å². The van der Waals surface area contributed by atoms with Crippen LogP contribution >= 0.6 is 0 Å². The second-order valence-electron chi connectivity index (χ2n) is 5.87. The summed E-state index contributed by atoms with van der Waals surface area (Å²) in [7, 11) is 3.18. The maximum absolute atomic E-state index is 12.1. The third kappa shape index (κ3) is 4.72. The Morgan fingerprint density at radius 1 is 1.45 bits per heavy atom. The lowest BCUT2D eigenvalue weighted by Gasteiger charge is -2.36. The number of likely N-dealkylation sites (N-methyl/N-ethyl adjacent to an activating group) is 1. The Balaban J connectivity index is 2.67. The molecule has 20 heavy (non-hydrogen) atoms. The molecule has 1 aliphatic carbocycles. The molecule has 2 unspecified atom stereocenters. The van der Waals surface area contributed by atoms with Gasteiger partial charge in [0.2, 0.25) is 0 Å². The Kier molecular flexibility index (Phi) is 6.92. The first-order valence-corrected chi connectivity index (χ1v) is 7.56. The van der Waals surface area contributed by atoms with Gasteiger partial charge >= 0.3 is 5.97 Å². The molecule has 1 fully saturated rings. The number of ether oxygens (including phenoxy) is 2. The van der Waals surface area contributed by atoms with Crippen molar-refractivity contribution < 1.29 is 14.3 Å². The van der Waals surface area contributed by atoms with Crippen molar-refractivity contribution in [1.29, 1.82) is 0 Å². The monoisotopic (exact) mass is 286 g/mol. The van der Waals surface area contributed by atoms with Crippen molar-refractivity contribution in [3.63, 3.8) is 0 Å². The van der Waals surface area contributed by atoms with Crippen LogP contribution in [0.5, 0.6) is 0 Å². The molecule has 5 heteroatoms. The molecule has 1 aliphatic rings. The van der Waals surface area contributed by atoms with Gasteiger partial charge in [-0.25, -0.2) is 0 Å². The summed E-state index contributed by atoms with van der Waals surface area (Å²) < 4.78 is 10.2. The van der Waals surface area contributed by atoms with Crippen LogP contribution in [0.4, 0.5) is 0 Å². The molecule has 0 heterocycles. The van der Waals surface area contributed by atoms with Crippen LogP contribution in [-0.4, -0.2) is 62.4 Å². The molecule has 1 rings (SSSR count). The van der Waals surface area contributed by atoms with Crippen molar-refractivity contribution in [1.82, 2.24) is 10.2 Å². The third-order valence-electron chi connectivity index (χ3n) is 4.04. The smallest absolute Gasteiger partial charge is 0.325 e. The third-order valence-corrected chi connectivity index (χ3v) is 4.04. The summed E-state index contributed by atoms with van der Waals surface area (Å²) in [5.41, 5.74) is -0.622. The molecule has 0 radical (unpaired) electrons. The number of hydrogen-bond donors (Lipinski definition) is 1. The van der Waals surface area contributed by atoms with E-state index in [0.717, 1.165) is 26.1 Å². The largest absolute Gasteiger partial charge is 0.468 e. The Morgan fingerprint density at radius 3 is 2.55 bits per heavy atom. The average Bonchev–Trinajstić information content (AvgIpc) is 3.23. The van der Waals surface area contributed by atoms with E-state index in [4.69, 9.17) is 9.47 Å². The van der Waals surface area contributed by atoms with Crippen molar-refractivity contribution in [2.24, 2.45) is 0 Å². The van der Waals surface area contributed by atoms with E-state index in [0.29, 0.717) is 12.1 Å². The molecule has 0 bridgehead atoms. The summed E-state index contributed by atoms with van der Waals surface area (Å²) in [6.45, 7) is 8.53. The molecule has 0 aromatic carbocycles. The number of nitrogens with zero attached hydrogens (tertiary/aromatic N) is 1. The Labute approximate surface area is 123 Å². The molecule has 5 nitrogen and oxygen atoms in total. The van der Waals surface area contributed by atoms with Crippen molar-refractivity contribution in [3.8, 4) is 0 Å². The van der Waals surface area contributed by atoms with E-state index >= 15 is 0 Å². The molecular weight excluding hydrogens is 256 g/mol. The summed E-state index contributed by atoms with van der Waals surface area (Å²) in [5, 5.41) is 3.28. The zero-order valence-electron chi connectivity index (χ0n) is 13.6. The number of nitrogens with one attached hydrogen (secondary N) is 1. The highest BCUT2D eigenvalue weighted by Crippen LogP contribution is 2.30. The zero-order valence-corrected chi connectivity index (χ0v) is 13.6. The fourth-order valence-electron chi connectivity index (χ4n) is 2.92. The first-order valence-electron chi connectivity index (χ1n) is 7.56. The quantitative estimate of drug-likeness (QED) is 0.616. The fourth-order valence-corrected chi connectivity index (χ4v) is 2.92. The van der Waals surface area contributed by atoms with E-state index < -0.39 is 5.54 Å². The maximum Gasteiger partial charge on any atom is 0.325 e. The molecule has 1 saturated carbocycles. The van der Waals surface area contributed by atoms with Crippen molar-refractivity contribution in [3.05, 3.63) is 0 Å². The van der Waals surface area contributed by atoms with Gasteiger partial charge in [-0.1, -0.05) is 6.92 Å². The Hall–Kier alpha value is -0.650. The van der Waals surface area contributed by atoms with Crippen LogP contribution in [0, 0.1) is 0 Å². The van der Waals surface area contributed by atoms with Gasteiger partial charge < -0.3 is 14.8 Å². The standard InChI is InChI=1S/C15H30N2O3/c1-6-16-15(3,14(18)20-5)11-12(2)17(9-10-19-4)13-7-8-13/h12-13,16H,6-11H2,1-5H3. The van der Waals surface area contributed by atoms with Crippen LogP contribution in [0.2, 0.25) is 0 Å². The number of rotatable bonds is 10. The lowest BCUT2D eigenvalue weighted by molar-refractivity contribution is -0.148. The van der Waals surface area contributed by atoms with Gasteiger partial charge in [0, 0.05) is 25.7 Å². The molecule has 0 spiro atoms. The number of carbonyl (C=O) groups is 1. The van der Waals surface area contributed by atoms with Crippen molar-refractivity contribution in [2.45, 2.75) is 57.7 Å². The van der Waals surface area contributed by atoms with Gasteiger partial charge in [0.1, 0.15) is 5.54 Å². The predicted octanol–water partition coefficient (Wildman–Crippen LogP) is 1.42. The lowest BCUT2D eigenvalue weighted by Crippen LogP contribution is -2.54. The SMILES string of the molecule is CCNC(C)(CC(C)N(CCOC)C1CC1)C(=O)OC. The summed E-state index contributed by atoms with van der Waals surface area (Å²) >= 11 is 0. The van der Waals surface area contributed by atoms with E-state index in [1.54, 1.807) is 7.11 Å². The topological polar surface area (TPSA) is 50.8 Å². The number of esters is 1. The van der Waals surface area contributed by atoms with Crippen molar-refractivity contribution in [2.75, 3.05) is 33.9 Å². The highest BCUT2D eigenvalue weighted by Gasteiger charge is 2.39. The van der Waals surface area contributed by atoms with E-state index in [2.05, 4.69) is 17.1 Å². The van der Waals surface area contributed by atoms with Gasteiger partial charge in [0.15, 0.2) is 0 Å². The van der Waals surface area contributed by atoms with Gasteiger partial charge in [0.25, 0.3) is 0 Å². The van der Waals surface area contributed by atoms with Gasteiger partial charge in [0.05, 0.1) is 13.7 Å². The Morgan fingerprint density at radius 2 is 2.10 bits per heavy atom. The molecule has 0 aliphatic heterocycles. The second kappa shape index (κ2) is 7.96. The minimum atomic E-state index is -0.622. The molecule has 1 N–H and O–H groups in total. The van der Waals surface area contributed by atoms with Gasteiger partial charge in [-0.05, 0) is 39.7 Å². The molecule has 0 aromatic rings. The summed E-state index contributed by atoms with van der Waals surface area (Å²) in [6.07, 6.45) is 3.25. The number of hydrogen-bond acceptors (Lipinski definition) is 5. The van der Waals surface area contributed by atoms with Crippen LogP contribution < -0.4 is 5.32 Å². The minimum absolute atomic E-state index is 0.186. The lowest BCUT2D eigenvalue weighted by atomic mass is 9.92. The van der Waals surface area contributed by atoms with Crippen LogP contribution in [-0.2, 0) is 14.3 Å². The Bertz CT molecular complexity index is 307. The van der Waals surface area contributed by atoms with E-state index in [1.165, 1.54) is 20.0 Å². The van der Waals surface area contributed by atoms with E-state index in [1.807, 2.05) is 13.8 Å². The highest BCUT2D eigenvalue weighted by molar-refractivity contribution is 5.80. The number of methoxy groups -OCH3 is 2. The first kappa shape index (κ1) is 17.4. The molecule has 0 amide bonds. The van der Waals surface area contributed by atoms with Gasteiger partial charge in [-0.2, -0.15) is 0 Å². The molecule has 2 atom stereocenters. The first-order chi connectivity index (χ1) is 9.48. The zero-order chi connectivity index (χ0) is 15.2. The summed E-state index contributed by atoms with van der Waals surface area (Å²) in [5.74, 6) is -0.186. The average molecular weight is 286 g/mol. The fraction of sp³-hybridized carbons (Fsp3) is 0.933.